The number of hydrogen-bond acceptors (Lipinski definition) is 7. The van der Waals surface area contributed by atoms with Gasteiger partial charge >= 0.3 is 5.63 Å². The number of aliphatic hydroxyl groups excluding tert-OH is 2. The lowest BCUT2D eigenvalue weighted by Crippen LogP contribution is -2.49. The van der Waals surface area contributed by atoms with Crippen LogP contribution < -0.4 is 10.4 Å². The fraction of sp³-hybridized carbons (Fsp3) is 0.471. The topological polar surface area (TPSA) is 98.4 Å². The molecule has 24 heavy (non-hydrogen) atoms. The summed E-state index contributed by atoms with van der Waals surface area (Å²) in [5.41, 5.74) is -0.809. The highest BCUT2D eigenvalue weighted by Crippen LogP contribution is 2.23. The quantitative estimate of drug-likeness (QED) is 0.553. The van der Waals surface area contributed by atoms with Gasteiger partial charge in [-0.1, -0.05) is 0 Å². The van der Waals surface area contributed by atoms with Gasteiger partial charge in [-0.2, -0.15) is 0 Å². The van der Waals surface area contributed by atoms with Gasteiger partial charge in [0, 0.05) is 18.6 Å². The van der Waals surface area contributed by atoms with Crippen LogP contribution in [-0.4, -0.2) is 48.5 Å². The molecule has 2 rings (SSSR count). The summed E-state index contributed by atoms with van der Waals surface area (Å²) < 4.78 is 21.5. The van der Waals surface area contributed by atoms with E-state index in [9.17, 15) is 9.90 Å². The largest absolute Gasteiger partial charge is 0.468 e. The lowest BCUT2D eigenvalue weighted by Gasteiger charge is -2.35. The van der Waals surface area contributed by atoms with Crippen molar-refractivity contribution in [1.29, 1.82) is 0 Å². The van der Waals surface area contributed by atoms with Gasteiger partial charge in [-0.25, -0.2) is 4.79 Å². The van der Waals surface area contributed by atoms with Crippen LogP contribution in [0.1, 0.15) is 13.8 Å². The Morgan fingerprint density at radius 1 is 1.25 bits per heavy atom. The summed E-state index contributed by atoms with van der Waals surface area (Å²) in [6, 6.07) is 8.02. The molecule has 0 fully saturated rings. The molecule has 0 aliphatic rings. The standard InChI is InChI=1S/C17H22O7/c1-17(2,16(21-3)13(19)9-18)23-10-22-12-5-6-14-11(8-12)4-7-15(20)24-14/h4-8,13,16,18-19H,9-10H2,1-3H3. The maximum absolute atomic E-state index is 11.2. The summed E-state index contributed by atoms with van der Waals surface area (Å²) in [5.74, 6) is 0.545. The number of benzene rings is 1. The van der Waals surface area contributed by atoms with Gasteiger partial charge in [-0.05, 0) is 38.1 Å². The molecule has 2 atom stereocenters. The van der Waals surface area contributed by atoms with E-state index in [1.807, 2.05) is 0 Å². The monoisotopic (exact) mass is 338 g/mol. The Morgan fingerprint density at radius 3 is 2.67 bits per heavy atom. The highest BCUT2D eigenvalue weighted by molar-refractivity contribution is 5.77. The first kappa shape index (κ1) is 18.4. The molecule has 1 heterocycles. The second kappa shape index (κ2) is 7.76. The number of ether oxygens (including phenoxy) is 3. The summed E-state index contributed by atoms with van der Waals surface area (Å²) in [5, 5.41) is 19.6. The molecule has 0 radical (unpaired) electrons. The van der Waals surface area contributed by atoms with Gasteiger partial charge in [0.1, 0.15) is 23.5 Å². The third-order valence-corrected chi connectivity index (χ3v) is 3.72. The second-order valence-corrected chi connectivity index (χ2v) is 5.87. The molecule has 0 spiro atoms. The van der Waals surface area contributed by atoms with E-state index in [0.29, 0.717) is 11.3 Å². The number of aliphatic hydroxyl groups is 2. The molecule has 0 saturated carbocycles. The summed E-state index contributed by atoms with van der Waals surface area (Å²) in [7, 11) is 1.44. The van der Waals surface area contributed by atoms with Crippen molar-refractivity contribution >= 4 is 11.0 Å². The van der Waals surface area contributed by atoms with Crippen LogP contribution in [0, 0.1) is 0 Å². The average molecular weight is 338 g/mol. The van der Waals surface area contributed by atoms with Gasteiger partial charge in [0.05, 0.1) is 12.2 Å². The smallest absolute Gasteiger partial charge is 0.336 e. The maximum atomic E-state index is 11.2. The van der Waals surface area contributed by atoms with Crippen LogP contribution in [-0.2, 0) is 9.47 Å². The van der Waals surface area contributed by atoms with Gasteiger partial charge in [0.25, 0.3) is 0 Å². The fourth-order valence-corrected chi connectivity index (χ4v) is 2.47. The highest BCUT2D eigenvalue weighted by Gasteiger charge is 2.36. The van der Waals surface area contributed by atoms with Crippen LogP contribution in [0.2, 0.25) is 0 Å². The lowest BCUT2D eigenvalue weighted by atomic mass is 9.97. The number of fused-ring (bicyclic) bond motifs is 1. The van der Waals surface area contributed by atoms with E-state index in [2.05, 4.69) is 0 Å². The van der Waals surface area contributed by atoms with Crippen molar-refractivity contribution in [3.05, 3.63) is 40.8 Å². The summed E-state index contributed by atoms with van der Waals surface area (Å²) >= 11 is 0. The molecular weight excluding hydrogens is 316 g/mol. The van der Waals surface area contributed by atoms with Crippen molar-refractivity contribution in [2.24, 2.45) is 0 Å². The predicted molar refractivity (Wildman–Crippen MR) is 87.0 cm³/mol. The minimum Gasteiger partial charge on any atom is -0.468 e. The van der Waals surface area contributed by atoms with Gasteiger partial charge in [0.15, 0.2) is 6.79 Å². The first-order valence-electron chi connectivity index (χ1n) is 7.50. The average Bonchev–Trinajstić information content (AvgIpc) is 2.55. The minimum atomic E-state index is -1.06. The molecule has 132 valence electrons. The zero-order chi connectivity index (χ0) is 17.7. The van der Waals surface area contributed by atoms with E-state index in [0.717, 1.165) is 5.39 Å². The van der Waals surface area contributed by atoms with E-state index in [-0.39, 0.29) is 6.79 Å². The van der Waals surface area contributed by atoms with E-state index >= 15 is 0 Å². The van der Waals surface area contributed by atoms with Crippen molar-refractivity contribution < 1.29 is 28.8 Å². The fourth-order valence-electron chi connectivity index (χ4n) is 2.47. The van der Waals surface area contributed by atoms with Crippen LogP contribution in [0.15, 0.2) is 39.5 Å². The van der Waals surface area contributed by atoms with Crippen LogP contribution in [0.3, 0.4) is 0 Å². The van der Waals surface area contributed by atoms with Crippen LogP contribution >= 0.6 is 0 Å². The number of hydrogen-bond donors (Lipinski definition) is 2. The van der Waals surface area contributed by atoms with E-state index in [4.69, 9.17) is 23.7 Å². The molecule has 7 heteroatoms. The van der Waals surface area contributed by atoms with Crippen molar-refractivity contribution in [3.8, 4) is 5.75 Å². The van der Waals surface area contributed by atoms with Crippen molar-refractivity contribution in [2.75, 3.05) is 20.5 Å². The Hall–Kier alpha value is -1.93. The molecule has 0 saturated heterocycles. The van der Waals surface area contributed by atoms with E-state index in [1.54, 1.807) is 38.1 Å². The van der Waals surface area contributed by atoms with E-state index < -0.39 is 30.0 Å². The van der Waals surface area contributed by atoms with Crippen molar-refractivity contribution in [1.82, 2.24) is 0 Å². The highest BCUT2D eigenvalue weighted by atomic mass is 16.7. The molecular formula is C17H22O7. The molecule has 2 unspecified atom stereocenters. The minimum absolute atomic E-state index is 0.0761. The van der Waals surface area contributed by atoms with Crippen LogP contribution in [0.4, 0.5) is 0 Å². The summed E-state index contributed by atoms with van der Waals surface area (Å²) in [6.45, 7) is 2.96. The molecule has 2 aromatic rings. The maximum Gasteiger partial charge on any atom is 0.336 e. The van der Waals surface area contributed by atoms with Crippen molar-refractivity contribution in [2.45, 2.75) is 31.7 Å². The second-order valence-electron chi connectivity index (χ2n) is 5.87. The first-order chi connectivity index (χ1) is 11.4. The first-order valence-corrected chi connectivity index (χ1v) is 7.50. The Balaban J connectivity index is 2.00. The Morgan fingerprint density at radius 2 is 2.00 bits per heavy atom. The molecule has 0 aliphatic heterocycles. The van der Waals surface area contributed by atoms with Gasteiger partial charge in [-0.3, -0.25) is 0 Å². The molecule has 1 aromatic heterocycles. The van der Waals surface area contributed by atoms with E-state index in [1.165, 1.54) is 13.2 Å². The number of rotatable bonds is 8. The summed E-state index contributed by atoms with van der Waals surface area (Å²) in [6.07, 6.45) is -1.77. The Kier molecular flexibility index (Phi) is 5.95. The van der Waals surface area contributed by atoms with Gasteiger partial charge in [-0.15, -0.1) is 0 Å². The molecule has 0 bridgehead atoms. The van der Waals surface area contributed by atoms with Gasteiger partial charge in [0.2, 0.25) is 0 Å². The predicted octanol–water partition coefficient (Wildman–Crippen LogP) is 1.29. The molecule has 1 aromatic carbocycles. The summed E-state index contributed by atoms with van der Waals surface area (Å²) in [4.78, 5) is 11.2. The van der Waals surface area contributed by atoms with Gasteiger partial charge < -0.3 is 28.8 Å². The number of methoxy groups -OCH3 is 1. The van der Waals surface area contributed by atoms with Crippen LogP contribution in [0.25, 0.3) is 11.0 Å². The Labute approximate surface area is 139 Å². The van der Waals surface area contributed by atoms with Crippen LogP contribution in [0.5, 0.6) is 5.75 Å². The molecule has 2 N–H and O–H groups in total. The zero-order valence-corrected chi connectivity index (χ0v) is 13.9. The van der Waals surface area contributed by atoms with Crippen molar-refractivity contribution in [3.63, 3.8) is 0 Å². The third-order valence-electron chi connectivity index (χ3n) is 3.72. The molecule has 0 amide bonds. The zero-order valence-electron chi connectivity index (χ0n) is 13.9. The Bertz CT molecular complexity index is 722. The molecule has 0 aliphatic carbocycles. The lowest BCUT2D eigenvalue weighted by molar-refractivity contribution is -0.184. The normalized spacial score (nSPS) is 14.5. The molecule has 7 nitrogen and oxygen atoms in total. The SMILES string of the molecule is COC(C(O)CO)C(C)(C)OCOc1ccc2oc(=O)ccc2c1. The third kappa shape index (κ3) is 4.33.